The fourth-order valence-corrected chi connectivity index (χ4v) is 5.02. The normalized spacial score (nSPS) is 19.1. The molecule has 1 aliphatic carbocycles. The van der Waals surface area contributed by atoms with Crippen LogP contribution in [0, 0.1) is 11.7 Å². The lowest BCUT2D eigenvalue weighted by Crippen LogP contribution is -2.22. The predicted octanol–water partition coefficient (Wildman–Crippen LogP) is 8.27. The fourth-order valence-electron chi connectivity index (χ4n) is 5.02. The van der Waals surface area contributed by atoms with E-state index in [4.69, 9.17) is 0 Å². The lowest BCUT2D eigenvalue weighted by molar-refractivity contribution is -0.137. The maximum Gasteiger partial charge on any atom is 0.416 e. The average molecular weight is 414 g/mol. The van der Waals surface area contributed by atoms with E-state index in [1.54, 1.807) is 18.2 Å². The molecule has 3 aromatic carbocycles. The summed E-state index contributed by atoms with van der Waals surface area (Å²) in [5, 5.41) is 1.54. The van der Waals surface area contributed by atoms with Crippen LogP contribution in [0.15, 0.2) is 54.6 Å². The third-order valence-corrected chi connectivity index (χ3v) is 6.50. The first-order chi connectivity index (χ1) is 14.4. The Labute approximate surface area is 174 Å². The van der Waals surface area contributed by atoms with Crippen LogP contribution in [-0.4, -0.2) is 0 Å². The highest BCUT2D eigenvalue weighted by molar-refractivity contribution is 5.88. The molecule has 0 amide bonds. The van der Waals surface area contributed by atoms with Crippen molar-refractivity contribution >= 4 is 10.8 Å². The van der Waals surface area contributed by atoms with Crippen LogP contribution in [0.3, 0.4) is 0 Å². The second-order valence-corrected chi connectivity index (χ2v) is 8.36. The van der Waals surface area contributed by atoms with Crippen LogP contribution in [0.2, 0.25) is 0 Å². The zero-order valence-corrected chi connectivity index (χ0v) is 17.1. The minimum Gasteiger partial charge on any atom is -0.206 e. The van der Waals surface area contributed by atoms with E-state index in [1.807, 2.05) is 18.2 Å². The van der Waals surface area contributed by atoms with Crippen molar-refractivity contribution in [1.82, 2.24) is 0 Å². The van der Waals surface area contributed by atoms with Crippen molar-refractivity contribution < 1.29 is 17.6 Å². The number of halogens is 4. The van der Waals surface area contributed by atoms with Crippen LogP contribution in [0.5, 0.6) is 0 Å². The summed E-state index contributed by atoms with van der Waals surface area (Å²) >= 11 is 0. The van der Waals surface area contributed by atoms with E-state index < -0.39 is 11.7 Å². The summed E-state index contributed by atoms with van der Waals surface area (Å²) in [6.07, 6.45) is 1.99. The molecule has 0 nitrogen and oxygen atoms in total. The second kappa shape index (κ2) is 8.41. The van der Waals surface area contributed by atoms with Crippen molar-refractivity contribution in [1.29, 1.82) is 0 Å². The number of unbranched alkanes of at least 4 members (excludes halogenated alkanes) is 2. The molecule has 0 fully saturated rings. The van der Waals surface area contributed by atoms with Crippen molar-refractivity contribution in [2.24, 2.45) is 5.92 Å². The highest BCUT2D eigenvalue weighted by atomic mass is 19.4. The first-order valence-electron chi connectivity index (χ1n) is 10.8. The molecule has 0 bridgehead atoms. The van der Waals surface area contributed by atoms with Gasteiger partial charge in [0, 0.05) is 11.3 Å². The van der Waals surface area contributed by atoms with Gasteiger partial charge in [0.15, 0.2) is 0 Å². The topological polar surface area (TPSA) is 0 Å². The Hall–Kier alpha value is -2.36. The van der Waals surface area contributed by atoms with E-state index in [9.17, 15) is 17.6 Å². The quantitative estimate of drug-likeness (QED) is 0.291. The molecule has 30 heavy (non-hydrogen) atoms. The molecule has 2 atom stereocenters. The number of hydrogen-bond acceptors (Lipinski definition) is 0. The molecule has 0 heterocycles. The number of rotatable bonds is 5. The van der Waals surface area contributed by atoms with Crippen molar-refractivity contribution in [3.05, 3.63) is 82.7 Å². The molecule has 0 radical (unpaired) electrons. The van der Waals surface area contributed by atoms with Crippen molar-refractivity contribution in [2.45, 2.75) is 57.5 Å². The Morgan fingerprint density at radius 1 is 0.900 bits per heavy atom. The summed E-state index contributed by atoms with van der Waals surface area (Å²) in [6, 6.07) is 14.6. The minimum absolute atomic E-state index is 0.0422. The highest BCUT2D eigenvalue weighted by Crippen LogP contribution is 2.46. The van der Waals surface area contributed by atoms with Gasteiger partial charge in [-0.15, -0.1) is 0 Å². The van der Waals surface area contributed by atoms with Gasteiger partial charge in [0.2, 0.25) is 0 Å². The Balaban J connectivity index is 1.79. The van der Waals surface area contributed by atoms with Gasteiger partial charge in [-0.2, -0.15) is 13.2 Å². The van der Waals surface area contributed by atoms with Gasteiger partial charge in [-0.3, -0.25) is 0 Å². The molecular weight excluding hydrogens is 388 g/mol. The number of benzene rings is 3. The van der Waals surface area contributed by atoms with E-state index in [2.05, 4.69) is 6.92 Å². The molecule has 0 N–H and O–H groups in total. The maximum atomic E-state index is 14.3. The highest BCUT2D eigenvalue weighted by Gasteiger charge is 2.34. The molecule has 0 unspecified atom stereocenters. The van der Waals surface area contributed by atoms with Gasteiger partial charge in [0.25, 0.3) is 0 Å². The minimum atomic E-state index is -4.34. The van der Waals surface area contributed by atoms with Crippen molar-refractivity contribution in [3.8, 4) is 0 Å². The van der Waals surface area contributed by atoms with Crippen LogP contribution in [-0.2, 0) is 12.6 Å². The molecule has 0 aromatic heterocycles. The SMILES string of the molecule is CCCCC[C@@H]1CCc2c(ccc3c(F)cccc23)[C@H]1c1ccc(C(F)(F)F)cc1. The molecule has 4 heteroatoms. The van der Waals surface area contributed by atoms with E-state index >= 15 is 0 Å². The molecule has 3 aromatic rings. The van der Waals surface area contributed by atoms with Crippen molar-refractivity contribution in [3.63, 3.8) is 0 Å². The summed E-state index contributed by atoms with van der Waals surface area (Å²) in [6.45, 7) is 2.17. The molecule has 1 aliphatic rings. The zero-order chi connectivity index (χ0) is 21.3. The molecular formula is C26H26F4. The van der Waals surface area contributed by atoms with Crippen LogP contribution in [0.4, 0.5) is 17.6 Å². The lowest BCUT2D eigenvalue weighted by atomic mass is 9.69. The van der Waals surface area contributed by atoms with Gasteiger partial charge in [-0.05, 0) is 65.5 Å². The molecule has 0 spiro atoms. The summed E-state index contributed by atoms with van der Waals surface area (Å²) in [5.41, 5.74) is 2.58. The smallest absolute Gasteiger partial charge is 0.206 e. The third-order valence-electron chi connectivity index (χ3n) is 6.50. The number of alkyl halides is 3. The van der Waals surface area contributed by atoms with E-state index in [0.29, 0.717) is 11.3 Å². The van der Waals surface area contributed by atoms with E-state index in [1.165, 1.54) is 18.2 Å². The fraction of sp³-hybridized carbons (Fsp3) is 0.385. The molecule has 0 saturated carbocycles. The Morgan fingerprint density at radius 2 is 1.67 bits per heavy atom. The van der Waals surface area contributed by atoms with Crippen LogP contribution in [0.25, 0.3) is 10.8 Å². The average Bonchev–Trinajstić information content (AvgIpc) is 2.73. The number of hydrogen-bond donors (Lipinski definition) is 0. The van der Waals surface area contributed by atoms with Gasteiger partial charge in [0.1, 0.15) is 5.82 Å². The summed E-state index contributed by atoms with van der Waals surface area (Å²) in [5.74, 6) is 0.193. The maximum absolute atomic E-state index is 14.3. The molecule has 0 saturated heterocycles. The van der Waals surface area contributed by atoms with Gasteiger partial charge < -0.3 is 0 Å². The summed E-state index contributed by atoms with van der Waals surface area (Å²) in [7, 11) is 0. The van der Waals surface area contributed by atoms with Crippen LogP contribution < -0.4 is 0 Å². The monoisotopic (exact) mass is 414 g/mol. The first kappa shape index (κ1) is 20.9. The van der Waals surface area contributed by atoms with Gasteiger partial charge in [-0.25, -0.2) is 4.39 Å². The molecule has 0 aliphatic heterocycles. The largest absolute Gasteiger partial charge is 0.416 e. The molecule has 4 rings (SSSR count). The van der Waals surface area contributed by atoms with Gasteiger partial charge >= 0.3 is 6.18 Å². The predicted molar refractivity (Wildman–Crippen MR) is 113 cm³/mol. The second-order valence-electron chi connectivity index (χ2n) is 8.36. The van der Waals surface area contributed by atoms with E-state index in [0.717, 1.165) is 60.6 Å². The van der Waals surface area contributed by atoms with Crippen LogP contribution >= 0.6 is 0 Å². The lowest BCUT2D eigenvalue weighted by Gasteiger charge is -2.35. The summed E-state index contributed by atoms with van der Waals surface area (Å²) in [4.78, 5) is 0. The van der Waals surface area contributed by atoms with Crippen molar-refractivity contribution in [2.75, 3.05) is 0 Å². The Kier molecular flexibility index (Phi) is 5.86. The number of aryl methyl sites for hydroxylation is 1. The zero-order valence-electron chi connectivity index (χ0n) is 17.1. The van der Waals surface area contributed by atoms with E-state index in [-0.39, 0.29) is 11.7 Å². The Morgan fingerprint density at radius 3 is 2.37 bits per heavy atom. The molecule has 158 valence electrons. The summed E-state index contributed by atoms with van der Waals surface area (Å²) < 4.78 is 53.5. The standard InChI is InChI=1S/C26H26F4/c1-2-3-4-6-17-11-14-21-20-7-5-8-24(27)22(20)15-16-23(21)25(17)18-9-12-19(13-10-18)26(28,29)30/h5,7-10,12-13,15-17,25H,2-4,6,11,14H2,1H3/t17-,25-/m1/s1. The third kappa shape index (κ3) is 3.97. The van der Waals surface area contributed by atoms with Gasteiger partial charge in [-0.1, -0.05) is 62.6 Å². The first-order valence-corrected chi connectivity index (χ1v) is 10.8. The van der Waals surface area contributed by atoms with Crippen LogP contribution in [0.1, 0.15) is 67.2 Å². The van der Waals surface area contributed by atoms with Gasteiger partial charge in [0.05, 0.1) is 5.56 Å². The number of fused-ring (bicyclic) bond motifs is 3. The Bertz CT molecular complexity index is 1020.